The average Bonchev–Trinajstić information content (AvgIpc) is 3.40. The summed E-state index contributed by atoms with van der Waals surface area (Å²) in [7, 11) is 2.52. The molecule has 8 aromatic rings. The van der Waals surface area contributed by atoms with E-state index in [0.717, 1.165) is 33.8 Å². The Morgan fingerprint density at radius 3 is 1.34 bits per heavy atom. The van der Waals surface area contributed by atoms with Crippen LogP contribution < -0.4 is 20.1 Å². The Kier molecular flexibility index (Phi) is 14.6. The Hall–Kier alpha value is -7.40. The number of halogens is 2. The maximum absolute atomic E-state index is 14.3. The van der Waals surface area contributed by atoms with Gasteiger partial charge in [-0.2, -0.15) is 0 Å². The van der Waals surface area contributed by atoms with Crippen molar-refractivity contribution in [3.63, 3.8) is 0 Å². The highest BCUT2D eigenvalue weighted by Crippen LogP contribution is 2.42. The van der Waals surface area contributed by atoms with Crippen LogP contribution in [0, 0.1) is 11.6 Å². The zero-order valence-corrected chi connectivity index (χ0v) is 39.7. The van der Waals surface area contributed by atoms with Crippen molar-refractivity contribution in [3.8, 4) is 11.5 Å². The van der Waals surface area contributed by atoms with Crippen molar-refractivity contribution in [2.75, 3.05) is 27.3 Å². The van der Waals surface area contributed by atoms with Crippen LogP contribution in [0.2, 0.25) is 0 Å². The van der Waals surface area contributed by atoms with Crippen molar-refractivity contribution in [2.45, 2.75) is 62.8 Å². The van der Waals surface area contributed by atoms with Crippen LogP contribution in [0.4, 0.5) is 8.78 Å². The molecule has 0 saturated heterocycles. The number of methoxy groups -OCH3 is 2. The minimum atomic E-state index is -0.674. The number of nitrogens with one attached hydrogen (secondary N) is 2. The van der Waals surface area contributed by atoms with Gasteiger partial charge in [0.2, 0.25) is 0 Å². The first kappa shape index (κ1) is 47.7. The Morgan fingerprint density at radius 1 is 0.529 bits per heavy atom. The van der Waals surface area contributed by atoms with E-state index in [9.17, 15) is 18.4 Å². The molecular formula is C60H56F2N2O6. The second-order valence-electron chi connectivity index (χ2n) is 18.0. The van der Waals surface area contributed by atoms with Gasteiger partial charge in [0.25, 0.3) is 0 Å². The maximum Gasteiger partial charge on any atom is 0.340 e. The van der Waals surface area contributed by atoms with E-state index in [2.05, 4.69) is 109 Å². The summed E-state index contributed by atoms with van der Waals surface area (Å²) in [5.41, 5.74) is 6.21. The summed E-state index contributed by atoms with van der Waals surface area (Å²) in [5, 5.41) is 12.2. The van der Waals surface area contributed by atoms with Crippen LogP contribution in [0.1, 0.15) is 105 Å². The third-order valence-electron chi connectivity index (χ3n) is 13.7. The summed E-state index contributed by atoms with van der Waals surface area (Å²) in [4.78, 5) is 24.2. The summed E-state index contributed by atoms with van der Waals surface area (Å²) < 4.78 is 50.8. The Balaban J connectivity index is 0.000000174. The van der Waals surface area contributed by atoms with Crippen molar-refractivity contribution in [1.82, 2.24) is 10.6 Å². The molecule has 356 valence electrons. The largest absolute Gasteiger partial charge is 0.489 e. The first-order chi connectivity index (χ1) is 34.1. The molecule has 0 bridgehead atoms. The van der Waals surface area contributed by atoms with E-state index in [1.807, 2.05) is 48.5 Å². The van der Waals surface area contributed by atoms with Crippen molar-refractivity contribution in [2.24, 2.45) is 0 Å². The first-order valence-electron chi connectivity index (χ1n) is 23.8. The molecule has 0 radical (unpaired) electrons. The van der Waals surface area contributed by atoms with Gasteiger partial charge in [-0.25, -0.2) is 18.4 Å². The molecule has 0 amide bonds. The Labute approximate surface area is 407 Å². The molecule has 2 N–H and O–H groups in total. The summed E-state index contributed by atoms with van der Waals surface area (Å²) in [6, 6.07) is 55.1. The van der Waals surface area contributed by atoms with Crippen LogP contribution >= 0.6 is 0 Å². The van der Waals surface area contributed by atoms with Crippen LogP contribution in [0.5, 0.6) is 11.5 Å². The molecule has 2 aliphatic rings. The number of para-hydroxylation sites is 2. The van der Waals surface area contributed by atoms with Gasteiger partial charge < -0.3 is 29.6 Å². The summed E-state index contributed by atoms with van der Waals surface area (Å²) in [6.45, 7) is 5.64. The van der Waals surface area contributed by atoms with Gasteiger partial charge in [0.1, 0.15) is 35.3 Å². The van der Waals surface area contributed by atoms with Crippen molar-refractivity contribution >= 4 is 33.5 Å². The number of carbonyl (C=O) groups excluding carboxylic acids is 2. The predicted molar refractivity (Wildman–Crippen MR) is 271 cm³/mol. The van der Waals surface area contributed by atoms with Gasteiger partial charge in [-0.15, -0.1) is 0 Å². The second kappa shape index (κ2) is 21.5. The lowest BCUT2D eigenvalue weighted by Gasteiger charge is -2.33. The molecule has 2 aliphatic heterocycles. The smallest absolute Gasteiger partial charge is 0.340 e. The highest BCUT2D eigenvalue weighted by atomic mass is 19.1. The molecule has 10 heteroatoms. The van der Waals surface area contributed by atoms with E-state index in [0.29, 0.717) is 25.9 Å². The fourth-order valence-electron chi connectivity index (χ4n) is 10.0. The first-order valence-corrected chi connectivity index (χ1v) is 23.8. The zero-order valence-electron chi connectivity index (χ0n) is 39.7. The van der Waals surface area contributed by atoms with Crippen LogP contribution in [0.25, 0.3) is 21.5 Å². The molecule has 0 aliphatic carbocycles. The second-order valence-corrected chi connectivity index (χ2v) is 18.0. The molecule has 8 aromatic carbocycles. The normalized spacial score (nSPS) is 17.9. The number of ether oxygens (including phenoxy) is 4. The van der Waals surface area contributed by atoms with Gasteiger partial charge in [0.05, 0.1) is 25.3 Å². The molecular weight excluding hydrogens is 883 g/mol. The van der Waals surface area contributed by atoms with Crippen LogP contribution in [-0.2, 0) is 9.47 Å². The van der Waals surface area contributed by atoms with E-state index >= 15 is 0 Å². The SMILES string of the molecule is COC(=O)c1cc([C@@H]2C[C@H](CN[C@H](C)c3cccc4ccccc34)Oc3ccccc32)ccc1F.COC(=O)c1cc([C@H]2C[C@H](CN[C@H](C)c3cccc4ccccc34)Oc3ccccc32)ccc1F. The van der Waals surface area contributed by atoms with Crippen LogP contribution in [0.3, 0.4) is 0 Å². The van der Waals surface area contributed by atoms with Crippen molar-refractivity contribution < 1.29 is 37.3 Å². The molecule has 0 unspecified atom stereocenters. The van der Waals surface area contributed by atoms with E-state index in [1.165, 1.54) is 59.0 Å². The third kappa shape index (κ3) is 10.3. The number of fused-ring (bicyclic) bond motifs is 4. The number of carbonyl (C=O) groups is 2. The topological polar surface area (TPSA) is 95.1 Å². The third-order valence-corrected chi connectivity index (χ3v) is 13.7. The summed E-state index contributed by atoms with van der Waals surface area (Å²) in [6.07, 6.45) is 1.25. The van der Waals surface area contributed by atoms with Gasteiger partial charge in [-0.3, -0.25) is 0 Å². The fraction of sp³-hybridized carbons (Fsp3) is 0.233. The molecule has 70 heavy (non-hydrogen) atoms. The van der Waals surface area contributed by atoms with E-state index < -0.39 is 23.6 Å². The average molecular weight is 939 g/mol. The van der Waals surface area contributed by atoms with E-state index in [1.54, 1.807) is 24.3 Å². The number of hydrogen-bond donors (Lipinski definition) is 2. The lowest BCUT2D eigenvalue weighted by atomic mass is 9.83. The number of esters is 2. The Morgan fingerprint density at radius 2 is 0.914 bits per heavy atom. The zero-order chi connectivity index (χ0) is 48.7. The standard InChI is InChI=1S/2C30H28FNO3/c2*1-19(23-12-7-9-20-8-3-4-10-24(20)23)32-18-22-17-26(25-11-5-6-13-29(25)35-22)21-14-15-28(31)27(16-21)30(33)34-2/h2*3-16,19,22,26,32H,17-18H2,1-2H3/t19-,22-,26+;19-,22-,26-/m11/s1. The summed E-state index contributed by atoms with van der Waals surface area (Å²) >= 11 is 0. The molecule has 0 saturated carbocycles. The number of rotatable bonds is 12. The van der Waals surface area contributed by atoms with Gasteiger partial charge in [-0.1, -0.05) is 133 Å². The number of benzene rings is 8. The van der Waals surface area contributed by atoms with Gasteiger partial charge in [-0.05, 0) is 107 Å². The van der Waals surface area contributed by atoms with Crippen LogP contribution in [-0.4, -0.2) is 51.5 Å². The minimum absolute atomic E-state index is 0.0244. The van der Waals surface area contributed by atoms with Crippen molar-refractivity contribution in [3.05, 3.63) is 226 Å². The molecule has 10 rings (SSSR count). The lowest BCUT2D eigenvalue weighted by Crippen LogP contribution is -2.37. The highest BCUT2D eigenvalue weighted by molar-refractivity contribution is 5.91. The monoisotopic (exact) mass is 938 g/mol. The van der Waals surface area contributed by atoms with Crippen molar-refractivity contribution in [1.29, 1.82) is 0 Å². The Bertz CT molecular complexity index is 2940. The molecule has 0 aromatic heterocycles. The molecule has 6 atom stereocenters. The highest BCUT2D eigenvalue weighted by Gasteiger charge is 2.32. The van der Waals surface area contributed by atoms with Gasteiger partial charge in [0.15, 0.2) is 0 Å². The number of hydrogen-bond acceptors (Lipinski definition) is 8. The van der Waals surface area contributed by atoms with Gasteiger partial charge in [0, 0.05) is 48.1 Å². The summed E-state index contributed by atoms with van der Waals surface area (Å²) in [5.74, 6) is -0.924. The quantitative estimate of drug-likeness (QED) is 0.117. The van der Waals surface area contributed by atoms with Crippen LogP contribution in [0.15, 0.2) is 170 Å². The lowest BCUT2D eigenvalue weighted by molar-refractivity contribution is 0.0586. The maximum atomic E-state index is 14.3. The van der Waals surface area contributed by atoms with Gasteiger partial charge >= 0.3 is 11.9 Å². The molecule has 2 heterocycles. The van der Waals surface area contributed by atoms with E-state index in [4.69, 9.17) is 18.9 Å². The predicted octanol–water partition coefficient (Wildman–Crippen LogP) is 12.8. The fourth-order valence-corrected chi connectivity index (χ4v) is 10.0. The molecule has 0 spiro atoms. The molecule has 8 nitrogen and oxygen atoms in total. The molecule has 0 fully saturated rings. The minimum Gasteiger partial charge on any atom is -0.489 e. The van der Waals surface area contributed by atoms with E-state index in [-0.39, 0.29) is 47.3 Å².